The molecule has 0 fully saturated rings. The Balaban J connectivity index is 2.39. The highest BCUT2D eigenvalue weighted by Gasteiger charge is 2.12. The largest absolute Gasteiger partial charge is 0.0654 e. The SMILES string of the molecule is CCCC(C)c1c2ccccc2cc2ccccc12. The van der Waals surface area contributed by atoms with Crippen molar-refractivity contribution in [3.8, 4) is 0 Å². The Kier molecular flexibility index (Phi) is 3.25. The van der Waals surface area contributed by atoms with Crippen LogP contribution in [0.5, 0.6) is 0 Å². The van der Waals surface area contributed by atoms with Gasteiger partial charge in [0, 0.05) is 0 Å². The number of fused-ring (bicyclic) bond motifs is 2. The summed E-state index contributed by atoms with van der Waals surface area (Å²) in [5.74, 6) is 0.612. The molecule has 3 rings (SSSR count). The van der Waals surface area contributed by atoms with E-state index in [9.17, 15) is 0 Å². The predicted molar refractivity (Wildman–Crippen MR) is 84.8 cm³/mol. The van der Waals surface area contributed by atoms with Crippen molar-refractivity contribution < 1.29 is 0 Å². The molecule has 3 aromatic rings. The molecule has 0 heteroatoms. The van der Waals surface area contributed by atoms with Crippen LogP contribution in [0.2, 0.25) is 0 Å². The fraction of sp³-hybridized carbons (Fsp3) is 0.263. The molecule has 96 valence electrons. The average molecular weight is 248 g/mol. The van der Waals surface area contributed by atoms with Crippen molar-refractivity contribution >= 4 is 21.5 Å². The lowest BCUT2D eigenvalue weighted by Crippen LogP contribution is -1.96. The Morgan fingerprint density at radius 1 is 0.842 bits per heavy atom. The van der Waals surface area contributed by atoms with E-state index in [-0.39, 0.29) is 0 Å². The first-order chi connectivity index (χ1) is 9.31. The van der Waals surface area contributed by atoms with Crippen LogP contribution in [0, 0.1) is 0 Å². The second kappa shape index (κ2) is 5.05. The molecule has 0 amide bonds. The van der Waals surface area contributed by atoms with E-state index in [1.807, 2.05) is 0 Å². The molecule has 0 aliphatic rings. The molecule has 1 atom stereocenters. The third kappa shape index (κ3) is 2.12. The van der Waals surface area contributed by atoms with Crippen molar-refractivity contribution in [2.75, 3.05) is 0 Å². The Morgan fingerprint density at radius 2 is 1.37 bits per heavy atom. The molecular weight excluding hydrogens is 228 g/mol. The van der Waals surface area contributed by atoms with Crippen LogP contribution in [0.1, 0.15) is 38.2 Å². The summed E-state index contributed by atoms with van der Waals surface area (Å²) < 4.78 is 0. The van der Waals surface area contributed by atoms with Gasteiger partial charge in [-0.1, -0.05) is 68.8 Å². The molecule has 0 spiro atoms. The van der Waals surface area contributed by atoms with Crippen molar-refractivity contribution in [3.05, 3.63) is 60.2 Å². The molecule has 0 nitrogen and oxygen atoms in total. The lowest BCUT2D eigenvalue weighted by molar-refractivity contribution is 0.673. The van der Waals surface area contributed by atoms with E-state index in [4.69, 9.17) is 0 Å². The second-order valence-corrected chi connectivity index (χ2v) is 5.42. The molecule has 0 saturated carbocycles. The van der Waals surface area contributed by atoms with Crippen LogP contribution in [0.4, 0.5) is 0 Å². The van der Waals surface area contributed by atoms with Crippen molar-refractivity contribution in [3.63, 3.8) is 0 Å². The maximum atomic E-state index is 2.36. The Morgan fingerprint density at radius 3 is 1.89 bits per heavy atom. The minimum Gasteiger partial charge on any atom is -0.0654 e. The average Bonchev–Trinajstić information content (AvgIpc) is 2.44. The molecule has 0 radical (unpaired) electrons. The highest BCUT2D eigenvalue weighted by Crippen LogP contribution is 2.35. The van der Waals surface area contributed by atoms with Crippen LogP contribution in [-0.2, 0) is 0 Å². The van der Waals surface area contributed by atoms with Gasteiger partial charge in [-0.25, -0.2) is 0 Å². The molecule has 19 heavy (non-hydrogen) atoms. The van der Waals surface area contributed by atoms with Gasteiger partial charge in [0.2, 0.25) is 0 Å². The fourth-order valence-corrected chi connectivity index (χ4v) is 3.16. The van der Waals surface area contributed by atoms with Crippen LogP contribution in [0.25, 0.3) is 21.5 Å². The van der Waals surface area contributed by atoms with Crippen LogP contribution in [0.15, 0.2) is 54.6 Å². The van der Waals surface area contributed by atoms with E-state index in [0.717, 1.165) is 0 Å². The van der Waals surface area contributed by atoms with Gasteiger partial charge in [0.25, 0.3) is 0 Å². The van der Waals surface area contributed by atoms with Gasteiger partial charge < -0.3 is 0 Å². The summed E-state index contributed by atoms with van der Waals surface area (Å²) in [7, 11) is 0. The van der Waals surface area contributed by atoms with Gasteiger partial charge in [0.1, 0.15) is 0 Å². The van der Waals surface area contributed by atoms with E-state index in [0.29, 0.717) is 5.92 Å². The van der Waals surface area contributed by atoms with Crippen LogP contribution in [0.3, 0.4) is 0 Å². The topological polar surface area (TPSA) is 0 Å². The number of rotatable bonds is 3. The maximum absolute atomic E-state index is 2.36. The monoisotopic (exact) mass is 248 g/mol. The first-order valence-corrected chi connectivity index (χ1v) is 7.21. The van der Waals surface area contributed by atoms with Gasteiger partial charge in [0.05, 0.1) is 0 Å². The van der Waals surface area contributed by atoms with Crippen LogP contribution < -0.4 is 0 Å². The number of hydrogen-bond donors (Lipinski definition) is 0. The summed E-state index contributed by atoms with van der Waals surface area (Å²) in [6, 6.07) is 19.9. The maximum Gasteiger partial charge on any atom is -0.0143 e. The zero-order chi connectivity index (χ0) is 13.2. The minimum atomic E-state index is 0.612. The molecule has 0 aromatic heterocycles. The summed E-state index contributed by atoms with van der Waals surface area (Å²) >= 11 is 0. The lowest BCUT2D eigenvalue weighted by atomic mass is 9.87. The van der Waals surface area contributed by atoms with Crippen molar-refractivity contribution in [1.82, 2.24) is 0 Å². The van der Waals surface area contributed by atoms with Gasteiger partial charge in [-0.05, 0) is 45.5 Å². The third-order valence-corrected chi connectivity index (χ3v) is 4.03. The smallest absolute Gasteiger partial charge is 0.0143 e. The van der Waals surface area contributed by atoms with Gasteiger partial charge in [-0.3, -0.25) is 0 Å². The summed E-state index contributed by atoms with van der Waals surface area (Å²) in [6.45, 7) is 4.63. The molecule has 0 saturated heterocycles. The van der Waals surface area contributed by atoms with E-state index in [2.05, 4.69) is 68.4 Å². The quantitative estimate of drug-likeness (QED) is 0.506. The van der Waals surface area contributed by atoms with E-state index >= 15 is 0 Å². The Labute approximate surface area is 115 Å². The van der Waals surface area contributed by atoms with Crippen LogP contribution in [-0.4, -0.2) is 0 Å². The Hall–Kier alpha value is -1.82. The first-order valence-electron chi connectivity index (χ1n) is 7.21. The van der Waals surface area contributed by atoms with Gasteiger partial charge in [0.15, 0.2) is 0 Å². The van der Waals surface area contributed by atoms with Crippen molar-refractivity contribution in [2.24, 2.45) is 0 Å². The first kappa shape index (κ1) is 12.2. The van der Waals surface area contributed by atoms with Crippen molar-refractivity contribution in [1.29, 1.82) is 0 Å². The molecule has 0 N–H and O–H groups in total. The zero-order valence-electron chi connectivity index (χ0n) is 11.7. The second-order valence-electron chi connectivity index (χ2n) is 5.42. The zero-order valence-corrected chi connectivity index (χ0v) is 11.7. The molecule has 0 heterocycles. The fourth-order valence-electron chi connectivity index (χ4n) is 3.16. The molecular formula is C19H20. The Bertz CT molecular complexity index is 655. The number of benzene rings is 3. The van der Waals surface area contributed by atoms with Crippen molar-refractivity contribution in [2.45, 2.75) is 32.6 Å². The third-order valence-electron chi connectivity index (χ3n) is 4.03. The highest BCUT2D eigenvalue weighted by molar-refractivity contribution is 6.02. The minimum absolute atomic E-state index is 0.612. The van der Waals surface area contributed by atoms with E-state index < -0.39 is 0 Å². The normalized spacial score (nSPS) is 12.9. The standard InChI is InChI=1S/C19H20/c1-3-8-14(2)19-17-11-6-4-9-15(17)13-16-10-5-7-12-18(16)19/h4-7,9-14H,3,8H2,1-2H3. The molecule has 0 bridgehead atoms. The highest BCUT2D eigenvalue weighted by atomic mass is 14.2. The molecule has 0 aliphatic carbocycles. The van der Waals surface area contributed by atoms with Gasteiger partial charge in [-0.15, -0.1) is 0 Å². The lowest BCUT2D eigenvalue weighted by Gasteiger charge is -2.17. The van der Waals surface area contributed by atoms with Gasteiger partial charge >= 0.3 is 0 Å². The molecule has 0 aliphatic heterocycles. The van der Waals surface area contributed by atoms with E-state index in [1.165, 1.54) is 39.9 Å². The van der Waals surface area contributed by atoms with Gasteiger partial charge in [-0.2, -0.15) is 0 Å². The summed E-state index contributed by atoms with van der Waals surface area (Å²) in [5.41, 5.74) is 1.52. The predicted octanol–water partition coefficient (Wildman–Crippen LogP) is 5.90. The molecule has 1 unspecified atom stereocenters. The summed E-state index contributed by atoms with van der Waals surface area (Å²) in [5, 5.41) is 5.56. The van der Waals surface area contributed by atoms with E-state index in [1.54, 1.807) is 0 Å². The molecule has 3 aromatic carbocycles. The summed E-state index contributed by atoms with van der Waals surface area (Å²) in [6.07, 6.45) is 2.48. The summed E-state index contributed by atoms with van der Waals surface area (Å²) in [4.78, 5) is 0. The number of hydrogen-bond acceptors (Lipinski definition) is 0. The van der Waals surface area contributed by atoms with Crippen LogP contribution >= 0.6 is 0 Å².